The number of hydrogen-bond acceptors (Lipinski definition) is 1. The summed E-state index contributed by atoms with van der Waals surface area (Å²) in [6.07, 6.45) is 4.35. The Morgan fingerprint density at radius 1 is 1.20 bits per heavy atom. The molecule has 0 bridgehead atoms. The van der Waals surface area contributed by atoms with E-state index in [1.165, 1.54) is 0 Å². The number of alkyl halides is 2. The first-order chi connectivity index (χ1) is 4.74. The average molecular weight is 180 g/mol. The van der Waals surface area contributed by atoms with Gasteiger partial charge in [-0.05, 0) is 19.3 Å². The van der Waals surface area contributed by atoms with Gasteiger partial charge in [0, 0.05) is 11.3 Å². The minimum atomic E-state index is -0.0399. The molecule has 1 fully saturated rings. The highest BCUT2D eigenvalue weighted by atomic mass is 35.5. The summed E-state index contributed by atoms with van der Waals surface area (Å²) in [5, 5.41) is 0.00753. The molecule has 0 aromatic rings. The highest BCUT2D eigenvalue weighted by Gasteiger charge is 2.27. The predicted octanol–water partition coefficient (Wildman–Crippen LogP) is 2.11. The maximum Gasteiger partial charge on any atom is 0.201 e. The van der Waals surface area contributed by atoms with Crippen molar-refractivity contribution in [2.45, 2.75) is 30.0 Å². The second-order valence-corrected chi connectivity index (χ2v) is 3.78. The van der Waals surface area contributed by atoms with Gasteiger partial charge in [-0.2, -0.15) is 0 Å². The molecule has 1 nitrogen and oxygen atoms in total. The molecule has 0 spiro atoms. The Labute approximate surface area is 70.7 Å². The Morgan fingerprint density at radius 3 is 2.40 bits per heavy atom. The molecule has 3 heteroatoms. The Bertz CT molecular complexity index is 127. The average Bonchev–Trinajstić information content (AvgIpc) is 1.95. The molecule has 1 rings (SSSR count). The van der Waals surface area contributed by atoms with Crippen molar-refractivity contribution in [1.82, 2.24) is 0 Å². The second kappa shape index (κ2) is 3.59. The first-order valence-corrected chi connectivity index (χ1v) is 4.27. The van der Waals surface area contributed by atoms with Crippen LogP contribution in [0, 0.1) is 5.92 Å². The summed E-state index contributed by atoms with van der Waals surface area (Å²) in [4.78, 5) is 10.2. The number of halogens is 2. The van der Waals surface area contributed by atoms with Crippen LogP contribution in [0.15, 0.2) is 0 Å². The molecule has 0 amide bonds. The van der Waals surface area contributed by atoms with Gasteiger partial charge in [-0.15, -0.1) is 23.2 Å². The Balaban J connectivity index is 2.40. The van der Waals surface area contributed by atoms with Crippen molar-refractivity contribution in [3.63, 3.8) is 0 Å². The molecule has 0 saturated heterocycles. The number of hydrogen-bond donors (Lipinski definition) is 0. The summed E-state index contributed by atoms with van der Waals surface area (Å²) < 4.78 is 0. The lowest BCUT2D eigenvalue weighted by Gasteiger charge is -2.24. The molecular weight excluding hydrogens is 171 g/mol. The van der Waals surface area contributed by atoms with Crippen LogP contribution in [-0.2, 0) is 4.79 Å². The molecule has 1 radical (unpaired) electrons. The summed E-state index contributed by atoms with van der Waals surface area (Å²) in [5.74, 6) is 0.0255. The fourth-order valence-electron chi connectivity index (χ4n) is 1.19. The molecule has 1 aliphatic rings. The summed E-state index contributed by atoms with van der Waals surface area (Å²) in [6.45, 7) is 0. The molecule has 10 heavy (non-hydrogen) atoms. The fourth-order valence-corrected chi connectivity index (χ4v) is 1.76. The van der Waals surface area contributed by atoms with Gasteiger partial charge in [-0.25, -0.2) is 0 Å². The predicted molar refractivity (Wildman–Crippen MR) is 42.3 cm³/mol. The van der Waals surface area contributed by atoms with Gasteiger partial charge in [-0.1, -0.05) is 0 Å². The van der Waals surface area contributed by atoms with E-state index in [0.29, 0.717) is 6.42 Å². The maximum atomic E-state index is 10.2. The number of carbonyl (C=O) groups excluding carboxylic acids is 1. The molecule has 3 unspecified atom stereocenters. The maximum absolute atomic E-state index is 10.2. The van der Waals surface area contributed by atoms with Crippen LogP contribution in [0.5, 0.6) is 0 Å². The van der Waals surface area contributed by atoms with Crippen molar-refractivity contribution in [2.75, 3.05) is 0 Å². The molecular formula is C7H9Cl2O. The van der Waals surface area contributed by atoms with E-state index in [9.17, 15) is 4.79 Å². The van der Waals surface area contributed by atoms with Crippen LogP contribution in [0.25, 0.3) is 0 Å². The van der Waals surface area contributed by atoms with Gasteiger partial charge in [0.15, 0.2) is 0 Å². The molecule has 57 valence electrons. The highest BCUT2D eigenvalue weighted by molar-refractivity contribution is 6.30. The largest absolute Gasteiger partial charge is 0.291 e. The van der Waals surface area contributed by atoms with E-state index in [4.69, 9.17) is 23.2 Å². The summed E-state index contributed by atoms with van der Waals surface area (Å²) in [5.41, 5.74) is 0. The molecule has 0 heterocycles. The quantitative estimate of drug-likeness (QED) is 0.564. The van der Waals surface area contributed by atoms with Crippen molar-refractivity contribution >= 4 is 29.5 Å². The van der Waals surface area contributed by atoms with Gasteiger partial charge >= 0.3 is 0 Å². The van der Waals surface area contributed by atoms with Crippen molar-refractivity contribution in [3.8, 4) is 0 Å². The van der Waals surface area contributed by atoms with Crippen LogP contribution in [-0.4, -0.2) is 17.0 Å². The zero-order valence-corrected chi connectivity index (χ0v) is 7.03. The first kappa shape index (κ1) is 8.35. The van der Waals surface area contributed by atoms with Gasteiger partial charge in [0.2, 0.25) is 6.29 Å². The van der Waals surface area contributed by atoms with Gasteiger partial charge in [0.1, 0.15) is 0 Å². The van der Waals surface area contributed by atoms with Crippen LogP contribution >= 0.6 is 23.2 Å². The Hall–Kier alpha value is 0.250. The fraction of sp³-hybridized carbons (Fsp3) is 0.857. The molecule has 0 N–H and O–H groups in total. The molecule has 1 aliphatic carbocycles. The van der Waals surface area contributed by atoms with Crippen molar-refractivity contribution in [3.05, 3.63) is 0 Å². The lowest BCUT2D eigenvalue weighted by atomic mass is 9.90. The van der Waals surface area contributed by atoms with E-state index in [2.05, 4.69) is 0 Å². The van der Waals surface area contributed by atoms with Crippen LogP contribution in [0.1, 0.15) is 19.3 Å². The minimum Gasteiger partial charge on any atom is -0.291 e. The smallest absolute Gasteiger partial charge is 0.201 e. The van der Waals surface area contributed by atoms with E-state index in [-0.39, 0.29) is 16.7 Å². The normalized spacial score (nSPS) is 41.2. The number of rotatable bonds is 1. The van der Waals surface area contributed by atoms with E-state index in [1.807, 2.05) is 6.29 Å². The molecule has 3 atom stereocenters. The topological polar surface area (TPSA) is 17.1 Å². The lowest BCUT2D eigenvalue weighted by molar-refractivity contribution is 0.423. The molecule has 0 aromatic carbocycles. The van der Waals surface area contributed by atoms with Crippen molar-refractivity contribution < 1.29 is 4.79 Å². The van der Waals surface area contributed by atoms with Crippen molar-refractivity contribution in [1.29, 1.82) is 0 Å². The van der Waals surface area contributed by atoms with E-state index >= 15 is 0 Å². The van der Waals surface area contributed by atoms with E-state index in [1.54, 1.807) is 0 Å². The van der Waals surface area contributed by atoms with Crippen LogP contribution in [0.2, 0.25) is 0 Å². The van der Waals surface area contributed by atoms with Gasteiger partial charge in [0.05, 0.1) is 5.38 Å². The Morgan fingerprint density at radius 2 is 1.90 bits per heavy atom. The minimum absolute atomic E-state index is 0.0255. The van der Waals surface area contributed by atoms with Gasteiger partial charge in [0.25, 0.3) is 0 Å². The summed E-state index contributed by atoms with van der Waals surface area (Å²) in [6, 6.07) is 0. The third-order valence-electron chi connectivity index (χ3n) is 1.86. The van der Waals surface area contributed by atoms with Crippen LogP contribution in [0.3, 0.4) is 0 Å². The van der Waals surface area contributed by atoms with Crippen LogP contribution in [0.4, 0.5) is 0 Å². The zero-order chi connectivity index (χ0) is 7.56. The molecule has 0 aliphatic heterocycles. The van der Waals surface area contributed by atoms with Gasteiger partial charge in [-0.3, -0.25) is 4.79 Å². The van der Waals surface area contributed by atoms with Crippen LogP contribution < -0.4 is 0 Å². The third-order valence-corrected chi connectivity index (χ3v) is 2.99. The van der Waals surface area contributed by atoms with E-state index < -0.39 is 0 Å². The molecule has 0 aromatic heterocycles. The Kier molecular flexibility index (Phi) is 2.99. The van der Waals surface area contributed by atoms with E-state index in [0.717, 1.165) is 12.8 Å². The van der Waals surface area contributed by atoms with Gasteiger partial charge < -0.3 is 0 Å². The SMILES string of the molecule is O=[C]C1CCC(Cl)C(Cl)C1. The monoisotopic (exact) mass is 179 g/mol. The highest BCUT2D eigenvalue weighted by Crippen LogP contribution is 2.30. The summed E-state index contributed by atoms with van der Waals surface area (Å²) >= 11 is 11.7. The third kappa shape index (κ3) is 1.86. The van der Waals surface area contributed by atoms with Crippen molar-refractivity contribution in [2.24, 2.45) is 5.92 Å². The zero-order valence-electron chi connectivity index (χ0n) is 5.52. The molecule has 1 saturated carbocycles. The lowest BCUT2D eigenvalue weighted by Crippen LogP contribution is -2.26. The summed E-state index contributed by atoms with van der Waals surface area (Å²) in [7, 11) is 0. The first-order valence-electron chi connectivity index (χ1n) is 3.40. The standard InChI is InChI=1S/C7H9Cl2O/c8-6-2-1-5(4-10)3-7(6)9/h5-7H,1-3H2. The second-order valence-electron chi connectivity index (χ2n) is 2.66.